The summed E-state index contributed by atoms with van der Waals surface area (Å²) in [5.74, 6) is 1.55. The molecule has 0 amide bonds. The predicted octanol–water partition coefficient (Wildman–Crippen LogP) is 3.45. The molecule has 1 heterocycles. The summed E-state index contributed by atoms with van der Waals surface area (Å²) in [4.78, 5) is 4.19. The Morgan fingerprint density at radius 3 is 2.57 bits per heavy atom. The van der Waals surface area contributed by atoms with E-state index in [1.807, 2.05) is 31.3 Å². The van der Waals surface area contributed by atoms with E-state index in [4.69, 9.17) is 9.47 Å². The third kappa shape index (κ3) is 4.38. The molecule has 0 aliphatic rings. The van der Waals surface area contributed by atoms with Crippen LogP contribution in [0.25, 0.3) is 0 Å². The lowest BCUT2D eigenvalue weighted by atomic mass is 10.1. The number of nitrogens with one attached hydrogen (secondary N) is 1. The van der Waals surface area contributed by atoms with E-state index in [1.165, 1.54) is 5.56 Å². The fourth-order valence-electron chi connectivity index (χ4n) is 2.22. The van der Waals surface area contributed by atoms with Crippen molar-refractivity contribution in [2.24, 2.45) is 0 Å². The van der Waals surface area contributed by atoms with Crippen LogP contribution in [-0.2, 0) is 6.42 Å². The van der Waals surface area contributed by atoms with E-state index in [0.29, 0.717) is 0 Å². The van der Waals surface area contributed by atoms with Crippen LogP contribution in [0, 0.1) is 6.92 Å². The highest BCUT2D eigenvalue weighted by molar-refractivity contribution is 5.44. The van der Waals surface area contributed by atoms with Crippen molar-refractivity contribution in [3.8, 4) is 11.5 Å². The maximum absolute atomic E-state index is 5.32. The summed E-state index contributed by atoms with van der Waals surface area (Å²) in [6.45, 7) is 2.92. The molecular formula is C17H22N2O2. The molecule has 0 saturated heterocycles. The number of hydrogen-bond donors (Lipinski definition) is 1. The quantitative estimate of drug-likeness (QED) is 0.792. The molecule has 0 bridgehead atoms. The zero-order chi connectivity index (χ0) is 15.1. The molecule has 0 atom stereocenters. The monoisotopic (exact) mass is 286 g/mol. The van der Waals surface area contributed by atoms with E-state index in [-0.39, 0.29) is 0 Å². The Morgan fingerprint density at radius 2 is 1.86 bits per heavy atom. The van der Waals surface area contributed by atoms with Crippen LogP contribution in [0.3, 0.4) is 0 Å². The van der Waals surface area contributed by atoms with Gasteiger partial charge in [-0.3, -0.25) is 4.98 Å². The maximum Gasteiger partial charge on any atom is 0.160 e. The first kappa shape index (κ1) is 15.2. The van der Waals surface area contributed by atoms with Crippen molar-refractivity contribution in [1.82, 2.24) is 4.98 Å². The average Bonchev–Trinajstić information content (AvgIpc) is 2.51. The molecule has 0 aliphatic carbocycles. The van der Waals surface area contributed by atoms with E-state index >= 15 is 0 Å². The van der Waals surface area contributed by atoms with Gasteiger partial charge in [-0.05, 0) is 49.6 Å². The average molecular weight is 286 g/mol. The second kappa shape index (κ2) is 7.53. The third-order valence-corrected chi connectivity index (χ3v) is 3.32. The van der Waals surface area contributed by atoms with Gasteiger partial charge in [0.2, 0.25) is 0 Å². The van der Waals surface area contributed by atoms with Crippen molar-refractivity contribution < 1.29 is 9.47 Å². The Bertz CT molecular complexity index is 585. The van der Waals surface area contributed by atoms with Gasteiger partial charge in [-0.25, -0.2) is 0 Å². The zero-order valence-electron chi connectivity index (χ0n) is 12.8. The molecule has 112 valence electrons. The normalized spacial score (nSPS) is 10.2. The first-order valence-electron chi connectivity index (χ1n) is 7.10. The van der Waals surface area contributed by atoms with Crippen molar-refractivity contribution >= 4 is 5.69 Å². The van der Waals surface area contributed by atoms with Gasteiger partial charge in [0.25, 0.3) is 0 Å². The number of hydrogen-bond acceptors (Lipinski definition) is 4. The molecule has 2 aromatic rings. The van der Waals surface area contributed by atoms with Crippen LogP contribution < -0.4 is 14.8 Å². The lowest BCUT2D eigenvalue weighted by molar-refractivity contribution is 0.354. The largest absolute Gasteiger partial charge is 0.493 e. The lowest BCUT2D eigenvalue weighted by Gasteiger charge is -2.10. The highest BCUT2D eigenvalue weighted by Crippen LogP contribution is 2.27. The minimum absolute atomic E-state index is 0.770. The van der Waals surface area contributed by atoms with Crippen molar-refractivity contribution in [2.45, 2.75) is 19.8 Å². The zero-order valence-corrected chi connectivity index (χ0v) is 12.8. The molecule has 0 spiro atoms. The van der Waals surface area contributed by atoms with Gasteiger partial charge in [-0.2, -0.15) is 0 Å². The van der Waals surface area contributed by atoms with Crippen molar-refractivity contribution in [1.29, 1.82) is 0 Å². The minimum Gasteiger partial charge on any atom is -0.493 e. The van der Waals surface area contributed by atoms with E-state index in [9.17, 15) is 0 Å². The first-order valence-corrected chi connectivity index (χ1v) is 7.10. The highest BCUT2D eigenvalue weighted by atomic mass is 16.5. The second-order valence-electron chi connectivity index (χ2n) is 4.91. The second-order valence-corrected chi connectivity index (χ2v) is 4.91. The molecular weight excluding hydrogens is 264 g/mol. The number of methoxy groups -OCH3 is 2. The molecule has 4 nitrogen and oxygen atoms in total. The number of rotatable bonds is 7. The first-order chi connectivity index (χ1) is 10.2. The molecule has 0 radical (unpaired) electrons. The summed E-state index contributed by atoms with van der Waals surface area (Å²) >= 11 is 0. The molecule has 0 fully saturated rings. The Morgan fingerprint density at radius 1 is 1.05 bits per heavy atom. The number of anilines is 1. The summed E-state index contributed by atoms with van der Waals surface area (Å²) in [5, 5.41) is 3.41. The Labute approximate surface area is 126 Å². The van der Waals surface area contributed by atoms with Gasteiger partial charge in [0, 0.05) is 24.1 Å². The fourth-order valence-corrected chi connectivity index (χ4v) is 2.22. The predicted molar refractivity (Wildman–Crippen MR) is 85.3 cm³/mol. The van der Waals surface area contributed by atoms with Crippen LogP contribution in [0.2, 0.25) is 0 Å². The molecule has 0 unspecified atom stereocenters. The molecule has 1 aromatic carbocycles. The molecule has 0 saturated carbocycles. The fraction of sp³-hybridized carbons (Fsp3) is 0.353. The smallest absolute Gasteiger partial charge is 0.160 e. The van der Waals surface area contributed by atoms with Crippen LogP contribution in [0.15, 0.2) is 36.5 Å². The Hall–Kier alpha value is -2.23. The van der Waals surface area contributed by atoms with Crippen LogP contribution in [0.5, 0.6) is 11.5 Å². The number of ether oxygens (including phenoxy) is 2. The number of benzene rings is 1. The summed E-state index contributed by atoms with van der Waals surface area (Å²) in [5.41, 5.74) is 3.40. The highest BCUT2D eigenvalue weighted by Gasteiger charge is 2.04. The van der Waals surface area contributed by atoms with Gasteiger partial charge in [-0.15, -0.1) is 0 Å². The topological polar surface area (TPSA) is 43.4 Å². The van der Waals surface area contributed by atoms with Gasteiger partial charge >= 0.3 is 0 Å². The van der Waals surface area contributed by atoms with Crippen molar-refractivity contribution in [3.63, 3.8) is 0 Å². The Balaban J connectivity index is 1.83. The van der Waals surface area contributed by atoms with Gasteiger partial charge in [0.05, 0.1) is 14.2 Å². The van der Waals surface area contributed by atoms with Crippen LogP contribution in [0.4, 0.5) is 5.69 Å². The van der Waals surface area contributed by atoms with Crippen molar-refractivity contribution in [3.05, 3.63) is 47.8 Å². The van der Waals surface area contributed by atoms with Crippen LogP contribution >= 0.6 is 0 Å². The van der Waals surface area contributed by atoms with E-state index in [1.54, 1.807) is 14.2 Å². The SMILES string of the molecule is COc1ccc(CCCNc2ccnc(C)c2)cc1OC. The van der Waals surface area contributed by atoms with E-state index in [2.05, 4.69) is 22.4 Å². The van der Waals surface area contributed by atoms with E-state index in [0.717, 1.165) is 42.3 Å². The maximum atomic E-state index is 5.32. The Kier molecular flexibility index (Phi) is 5.43. The van der Waals surface area contributed by atoms with Crippen LogP contribution in [0.1, 0.15) is 17.7 Å². The molecule has 21 heavy (non-hydrogen) atoms. The summed E-state index contributed by atoms with van der Waals surface area (Å²) < 4.78 is 10.6. The number of aryl methyl sites for hydroxylation is 2. The summed E-state index contributed by atoms with van der Waals surface area (Å²) in [6, 6.07) is 10.1. The number of aromatic nitrogens is 1. The minimum atomic E-state index is 0.770. The van der Waals surface area contributed by atoms with Gasteiger partial charge in [0.15, 0.2) is 11.5 Å². The summed E-state index contributed by atoms with van der Waals surface area (Å²) in [6.07, 6.45) is 3.88. The van der Waals surface area contributed by atoms with Crippen LogP contribution in [-0.4, -0.2) is 25.7 Å². The standard InChI is InChI=1S/C17H22N2O2/c1-13-11-15(8-10-18-13)19-9-4-5-14-6-7-16(20-2)17(12-14)21-3/h6-8,10-12H,4-5,9H2,1-3H3,(H,18,19). The molecule has 0 aliphatic heterocycles. The van der Waals surface area contributed by atoms with Gasteiger partial charge in [0.1, 0.15) is 0 Å². The van der Waals surface area contributed by atoms with Gasteiger partial charge < -0.3 is 14.8 Å². The molecule has 2 rings (SSSR count). The lowest BCUT2D eigenvalue weighted by Crippen LogP contribution is -2.03. The number of pyridine rings is 1. The summed E-state index contributed by atoms with van der Waals surface area (Å²) in [7, 11) is 3.31. The van der Waals surface area contributed by atoms with Gasteiger partial charge in [-0.1, -0.05) is 6.07 Å². The number of nitrogens with zero attached hydrogens (tertiary/aromatic N) is 1. The molecule has 4 heteroatoms. The van der Waals surface area contributed by atoms with E-state index < -0.39 is 0 Å². The molecule has 1 N–H and O–H groups in total. The molecule has 1 aromatic heterocycles. The third-order valence-electron chi connectivity index (χ3n) is 3.32. The van der Waals surface area contributed by atoms with Crippen molar-refractivity contribution in [2.75, 3.05) is 26.1 Å².